The van der Waals surface area contributed by atoms with Crippen LogP contribution in [0.4, 0.5) is 0 Å². The zero-order valence-electron chi connectivity index (χ0n) is 12.7. The zero-order chi connectivity index (χ0) is 14.2. The first-order chi connectivity index (χ1) is 9.57. The summed E-state index contributed by atoms with van der Waals surface area (Å²) >= 11 is 0. The van der Waals surface area contributed by atoms with Crippen LogP contribution in [-0.4, -0.2) is 10.7 Å². The van der Waals surface area contributed by atoms with E-state index in [-0.39, 0.29) is 11.7 Å². The number of benzene rings is 1. The van der Waals surface area contributed by atoms with Crippen LogP contribution in [0.3, 0.4) is 0 Å². The molecule has 0 aromatic heterocycles. The van der Waals surface area contributed by atoms with E-state index < -0.39 is 0 Å². The van der Waals surface area contributed by atoms with Crippen molar-refractivity contribution in [1.29, 1.82) is 0 Å². The molecule has 1 fully saturated rings. The van der Waals surface area contributed by atoms with Gasteiger partial charge in [-0.2, -0.15) is 0 Å². The molecule has 0 saturated heterocycles. The fourth-order valence-corrected chi connectivity index (χ4v) is 3.75. The van der Waals surface area contributed by atoms with Crippen molar-refractivity contribution in [2.45, 2.75) is 70.5 Å². The second-order valence-corrected chi connectivity index (χ2v) is 7.07. The third-order valence-electron chi connectivity index (χ3n) is 4.79. The van der Waals surface area contributed by atoms with Gasteiger partial charge in [0.2, 0.25) is 0 Å². The molecule has 110 valence electrons. The van der Waals surface area contributed by atoms with Crippen LogP contribution in [0.15, 0.2) is 18.2 Å². The van der Waals surface area contributed by atoms with Gasteiger partial charge in [-0.05, 0) is 38.2 Å². The Hall–Kier alpha value is -1.02. The maximum Gasteiger partial charge on any atom is 0.129 e. The molecule has 3 rings (SSSR count). The SMILES string of the molecule is CC1(C)Cc2cccc(C(O)C3CCCCCC3)c2O1. The summed E-state index contributed by atoms with van der Waals surface area (Å²) in [6.45, 7) is 4.24. The van der Waals surface area contributed by atoms with Gasteiger partial charge in [-0.25, -0.2) is 0 Å². The predicted molar refractivity (Wildman–Crippen MR) is 81.0 cm³/mol. The van der Waals surface area contributed by atoms with Crippen molar-refractivity contribution in [2.24, 2.45) is 5.92 Å². The molecule has 0 bridgehead atoms. The molecule has 1 saturated carbocycles. The molecular weight excluding hydrogens is 248 g/mol. The fourth-order valence-electron chi connectivity index (χ4n) is 3.75. The van der Waals surface area contributed by atoms with Crippen molar-refractivity contribution in [1.82, 2.24) is 0 Å². The first-order valence-electron chi connectivity index (χ1n) is 8.06. The highest BCUT2D eigenvalue weighted by molar-refractivity contribution is 5.47. The number of aliphatic hydroxyl groups is 1. The Morgan fingerprint density at radius 1 is 1.15 bits per heavy atom. The van der Waals surface area contributed by atoms with Crippen molar-refractivity contribution in [3.63, 3.8) is 0 Å². The van der Waals surface area contributed by atoms with Crippen molar-refractivity contribution in [3.05, 3.63) is 29.3 Å². The molecule has 2 nitrogen and oxygen atoms in total. The minimum absolute atomic E-state index is 0.137. The Labute approximate surface area is 122 Å². The van der Waals surface area contributed by atoms with Crippen LogP contribution in [-0.2, 0) is 6.42 Å². The first-order valence-corrected chi connectivity index (χ1v) is 8.06. The zero-order valence-corrected chi connectivity index (χ0v) is 12.7. The third-order valence-corrected chi connectivity index (χ3v) is 4.79. The van der Waals surface area contributed by atoms with E-state index in [9.17, 15) is 5.11 Å². The smallest absolute Gasteiger partial charge is 0.129 e. The van der Waals surface area contributed by atoms with Gasteiger partial charge >= 0.3 is 0 Å². The number of hydrogen-bond donors (Lipinski definition) is 1. The minimum Gasteiger partial charge on any atom is -0.487 e. The Morgan fingerprint density at radius 3 is 2.55 bits per heavy atom. The van der Waals surface area contributed by atoms with Crippen LogP contribution in [0.1, 0.15) is 69.6 Å². The van der Waals surface area contributed by atoms with Gasteiger partial charge in [0.1, 0.15) is 11.4 Å². The molecular formula is C18H26O2. The largest absolute Gasteiger partial charge is 0.487 e. The summed E-state index contributed by atoms with van der Waals surface area (Å²) in [5, 5.41) is 10.8. The molecule has 2 heteroatoms. The summed E-state index contributed by atoms with van der Waals surface area (Å²) < 4.78 is 6.11. The van der Waals surface area contributed by atoms with Crippen molar-refractivity contribution in [2.75, 3.05) is 0 Å². The van der Waals surface area contributed by atoms with Crippen molar-refractivity contribution >= 4 is 0 Å². The second-order valence-electron chi connectivity index (χ2n) is 7.07. The summed E-state index contributed by atoms with van der Waals surface area (Å²) in [7, 11) is 0. The fraction of sp³-hybridized carbons (Fsp3) is 0.667. The van der Waals surface area contributed by atoms with Gasteiger partial charge in [0.25, 0.3) is 0 Å². The Balaban J connectivity index is 1.86. The molecule has 0 amide bonds. The first kappa shape index (κ1) is 13.9. The van der Waals surface area contributed by atoms with Crippen LogP contribution < -0.4 is 4.74 Å². The van der Waals surface area contributed by atoms with Gasteiger partial charge in [0, 0.05) is 12.0 Å². The van der Waals surface area contributed by atoms with E-state index in [4.69, 9.17) is 4.74 Å². The van der Waals surface area contributed by atoms with E-state index in [0.717, 1.165) is 30.6 Å². The Kier molecular flexibility index (Phi) is 3.76. The highest BCUT2D eigenvalue weighted by atomic mass is 16.5. The minimum atomic E-state index is -0.364. The van der Waals surface area contributed by atoms with E-state index in [2.05, 4.69) is 32.0 Å². The van der Waals surface area contributed by atoms with E-state index >= 15 is 0 Å². The maximum absolute atomic E-state index is 10.8. The number of rotatable bonds is 2. The van der Waals surface area contributed by atoms with Gasteiger partial charge in [0.05, 0.1) is 6.10 Å². The van der Waals surface area contributed by atoms with Crippen molar-refractivity contribution in [3.8, 4) is 5.75 Å². The topological polar surface area (TPSA) is 29.5 Å². The predicted octanol–water partition coefficient (Wildman–Crippen LogP) is 4.40. The summed E-state index contributed by atoms with van der Waals surface area (Å²) in [5.41, 5.74) is 2.13. The lowest BCUT2D eigenvalue weighted by Gasteiger charge is -2.24. The maximum atomic E-state index is 10.8. The molecule has 1 aliphatic carbocycles. The van der Waals surface area contributed by atoms with Gasteiger partial charge in [-0.1, -0.05) is 43.9 Å². The molecule has 1 aromatic carbocycles. The quantitative estimate of drug-likeness (QED) is 0.810. The van der Waals surface area contributed by atoms with Gasteiger partial charge in [-0.3, -0.25) is 0 Å². The molecule has 2 aliphatic rings. The number of hydrogen-bond acceptors (Lipinski definition) is 2. The molecule has 0 spiro atoms. The average molecular weight is 274 g/mol. The lowest BCUT2D eigenvalue weighted by Crippen LogP contribution is -2.25. The molecule has 1 aliphatic heterocycles. The Bertz CT molecular complexity index is 470. The van der Waals surface area contributed by atoms with Crippen LogP contribution in [0.25, 0.3) is 0 Å². The lowest BCUT2D eigenvalue weighted by atomic mass is 9.88. The number of aliphatic hydroxyl groups excluding tert-OH is 1. The monoisotopic (exact) mass is 274 g/mol. The number of para-hydroxylation sites is 1. The standard InChI is InChI=1S/C18H26O2/c1-18(2)12-14-10-7-11-15(17(14)20-18)16(19)13-8-5-3-4-6-9-13/h7,10-11,13,16,19H,3-6,8-9,12H2,1-2H3. The van der Waals surface area contributed by atoms with Gasteiger partial charge in [-0.15, -0.1) is 0 Å². The molecule has 1 aromatic rings. The molecule has 20 heavy (non-hydrogen) atoms. The van der Waals surface area contributed by atoms with Crippen LogP contribution in [0, 0.1) is 5.92 Å². The van der Waals surface area contributed by atoms with Crippen LogP contribution >= 0.6 is 0 Å². The van der Waals surface area contributed by atoms with E-state index in [1.807, 2.05) is 0 Å². The van der Waals surface area contributed by atoms with E-state index in [0.29, 0.717) is 5.92 Å². The van der Waals surface area contributed by atoms with E-state index in [1.54, 1.807) is 0 Å². The number of fused-ring (bicyclic) bond motifs is 1. The van der Waals surface area contributed by atoms with Crippen molar-refractivity contribution < 1.29 is 9.84 Å². The summed E-state index contributed by atoms with van der Waals surface area (Å²) in [5.74, 6) is 1.35. The molecule has 1 heterocycles. The second kappa shape index (κ2) is 5.40. The lowest BCUT2D eigenvalue weighted by molar-refractivity contribution is 0.0875. The molecule has 0 radical (unpaired) electrons. The van der Waals surface area contributed by atoms with Crippen LogP contribution in [0.2, 0.25) is 0 Å². The van der Waals surface area contributed by atoms with E-state index in [1.165, 1.54) is 31.2 Å². The summed E-state index contributed by atoms with van der Waals surface area (Å²) in [4.78, 5) is 0. The average Bonchev–Trinajstić information content (AvgIpc) is 2.60. The van der Waals surface area contributed by atoms with Gasteiger partial charge < -0.3 is 9.84 Å². The third kappa shape index (κ3) is 2.71. The van der Waals surface area contributed by atoms with Gasteiger partial charge in [0.15, 0.2) is 0 Å². The summed E-state index contributed by atoms with van der Waals surface area (Å²) in [6, 6.07) is 6.25. The molecule has 1 unspecified atom stereocenters. The summed E-state index contributed by atoms with van der Waals surface area (Å²) in [6.07, 6.45) is 8.01. The van der Waals surface area contributed by atoms with Crippen LogP contribution in [0.5, 0.6) is 5.75 Å². The molecule has 1 atom stereocenters. The highest BCUT2D eigenvalue weighted by Crippen LogP contribution is 2.43. The number of ether oxygens (including phenoxy) is 1. The molecule has 1 N–H and O–H groups in total. The Morgan fingerprint density at radius 2 is 1.85 bits per heavy atom. The normalized spacial score (nSPS) is 23.8. The highest BCUT2D eigenvalue weighted by Gasteiger charge is 2.34.